The highest BCUT2D eigenvalue weighted by molar-refractivity contribution is 6.17. The van der Waals surface area contributed by atoms with Crippen LogP contribution in [0.3, 0.4) is 0 Å². The van der Waals surface area contributed by atoms with Crippen LogP contribution in [-0.4, -0.2) is 4.92 Å². The van der Waals surface area contributed by atoms with Crippen molar-refractivity contribution >= 4 is 23.0 Å². The average Bonchev–Trinajstić information content (AvgIpc) is 2.04. The third-order valence-corrected chi connectivity index (χ3v) is 1.87. The fourth-order valence-electron chi connectivity index (χ4n) is 0.921. The van der Waals surface area contributed by atoms with E-state index >= 15 is 0 Å². The Morgan fingerprint density at radius 2 is 2.23 bits per heavy atom. The van der Waals surface area contributed by atoms with Crippen molar-refractivity contribution in [3.05, 3.63) is 33.6 Å². The maximum Gasteiger partial charge on any atom is 0.292 e. The summed E-state index contributed by atoms with van der Waals surface area (Å²) in [6.45, 7) is 0. The van der Waals surface area contributed by atoms with E-state index in [1.54, 1.807) is 0 Å². The third-order valence-electron chi connectivity index (χ3n) is 1.61. The highest BCUT2D eigenvalue weighted by atomic mass is 35.5. The molecule has 1 aromatic carbocycles. The number of nitrogen functional groups attached to an aromatic ring is 1. The van der Waals surface area contributed by atoms with Crippen LogP contribution in [0.1, 0.15) is 5.56 Å². The molecule has 0 atom stereocenters. The normalized spacial score (nSPS) is 10.0. The lowest BCUT2D eigenvalue weighted by molar-refractivity contribution is -0.384. The van der Waals surface area contributed by atoms with Crippen molar-refractivity contribution in [1.29, 1.82) is 0 Å². The molecule has 0 aliphatic heterocycles. The van der Waals surface area contributed by atoms with Gasteiger partial charge in [0.15, 0.2) is 0 Å². The summed E-state index contributed by atoms with van der Waals surface area (Å²) in [4.78, 5) is 9.69. The molecule has 13 heavy (non-hydrogen) atoms. The molecule has 0 fully saturated rings. The molecule has 1 rings (SSSR count). The maximum absolute atomic E-state index is 12.9. The van der Waals surface area contributed by atoms with E-state index in [1.807, 2.05) is 0 Å². The number of nitrogens with two attached hydrogens (primary N) is 1. The van der Waals surface area contributed by atoms with Gasteiger partial charge >= 0.3 is 0 Å². The third kappa shape index (κ3) is 1.70. The SMILES string of the molecule is Nc1c([N+](=O)[O-])ccc(F)c1CCl. The fraction of sp³-hybridized carbons (Fsp3) is 0.143. The number of hydrogen-bond acceptors (Lipinski definition) is 3. The fourth-order valence-corrected chi connectivity index (χ4v) is 1.19. The molecule has 2 N–H and O–H groups in total. The van der Waals surface area contributed by atoms with E-state index in [4.69, 9.17) is 17.3 Å². The quantitative estimate of drug-likeness (QED) is 0.347. The van der Waals surface area contributed by atoms with Gasteiger partial charge < -0.3 is 5.73 Å². The van der Waals surface area contributed by atoms with Crippen LogP contribution in [0.5, 0.6) is 0 Å². The first-order valence-corrected chi connectivity index (χ1v) is 3.88. The zero-order valence-corrected chi connectivity index (χ0v) is 7.21. The van der Waals surface area contributed by atoms with Crippen molar-refractivity contribution in [2.75, 3.05) is 5.73 Å². The number of benzene rings is 1. The number of nitrogens with zero attached hydrogens (tertiary/aromatic N) is 1. The van der Waals surface area contributed by atoms with Crippen LogP contribution in [0.2, 0.25) is 0 Å². The highest BCUT2D eigenvalue weighted by Crippen LogP contribution is 2.28. The number of rotatable bonds is 2. The van der Waals surface area contributed by atoms with Crippen molar-refractivity contribution in [1.82, 2.24) is 0 Å². The molecule has 0 amide bonds. The molecule has 0 radical (unpaired) electrons. The lowest BCUT2D eigenvalue weighted by atomic mass is 10.1. The second-order valence-electron chi connectivity index (χ2n) is 2.35. The summed E-state index contributed by atoms with van der Waals surface area (Å²) < 4.78 is 12.9. The van der Waals surface area contributed by atoms with Crippen LogP contribution in [0.4, 0.5) is 15.8 Å². The first-order valence-electron chi connectivity index (χ1n) is 3.35. The van der Waals surface area contributed by atoms with Crippen LogP contribution in [-0.2, 0) is 5.88 Å². The van der Waals surface area contributed by atoms with E-state index in [2.05, 4.69) is 0 Å². The summed E-state index contributed by atoms with van der Waals surface area (Å²) in [6.07, 6.45) is 0. The topological polar surface area (TPSA) is 69.2 Å². The molecule has 0 bridgehead atoms. The molecule has 4 nitrogen and oxygen atoms in total. The van der Waals surface area contributed by atoms with Gasteiger partial charge in [-0.05, 0) is 6.07 Å². The van der Waals surface area contributed by atoms with Gasteiger partial charge in [0, 0.05) is 11.6 Å². The van der Waals surface area contributed by atoms with E-state index in [9.17, 15) is 14.5 Å². The van der Waals surface area contributed by atoms with E-state index < -0.39 is 10.7 Å². The Hall–Kier alpha value is -1.36. The predicted octanol–water partition coefficient (Wildman–Crippen LogP) is 2.05. The van der Waals surface area contributed by atoms with Crippen molar-refractivity contribution in [2.45, 2.75) is 5.88 Å². The predicted molar refractivity (Wildman–Crippen MR) is 47.0 cm³/mol. The Bertz CT molecular complexity index is 357. The molecule has 0 aromatic heterocycles. The molecular weight excluding hydrogens is 199 g/mol. The van der Waals surface area contributed by atoms with E-state index in [0.717, 1.165) is 12.1 Å². The van der Waals surface area contributed by atoms with Crippen LogP contribution >= 0.6 is 11.6 Å². The molecule has 70 valence electrons. The highest BCUT2D eigenvalue weighted by Gasteiger charge is 2.17. The van der Waals surface area contributed by atoms with Gasteiger partial charge in [0.25, 0.3) is 5.69 Å². The first-order chi connectivity index (χ1) is 6.07. The minimum absolute atomic E-state index is 0.0316. The number of nitro benzene ring substituents is 1. The summed E-state index contributed by atoms with van der Waals surface area (Å²) in [5.41, 5.74) is 4.77. The molecule has 0 aliphatic rings. The Labute approximate surface area is 78.3 Å². The van der Waals surface area contributed by atoms with Gasteiger partial charge in [0.05, 0.1) is 10.8 Å². The number of alkyl halides is 1. The van der Waals surface area contributed by atoms with E-state index in [-0.39, 0.29) is 22.8 Å². The zero-order chi connectivity index (χ0) is 10.0. The van der Waals surface area contributed by atoms with Gasteiger partial charge in [-0.25, -0.2) is 4.39 Å². The van der Waals surface area contributed by atoms with Crippen molar-refractivity contribution in [3.8, 4) is 0 Å². The molecule has 0 heterocycles. The van der Waals surface area contributed by atoms with Gasteiger partial charge in [0.1, 0.15) is 11.5 Å². The minimum atomic E-state index is -0.676. The van der Waals surface area contributed by atoms with Crippen molar-refractivity contribution in [2.24, 2.45) is 0 Å². The van der Waals surface area contributed by atoms with Gasteiger partial charge in [-0.2, -0.15) is 0 Å². The Kier molecular flexibility index (Phi) is 2.67. The van der Waals surface area contributed by atoms with Gasteiger partial charge in [-0.15, -0.1) is 11.6 Å². The first kappa shape index (κ1) is 9.73. The minimum Gasteiger partial charge on any atom is -0.393 e. The Balaban J connectivity index is 3.35. The van der Waals surface area contributed by atoms with Gasteiger partial charge in [-0.1, -0.05) is 0 Å². The van der Waals surface area contributed by atoms with Crippen LogP contribution < -0.4 is 5.73 Å². The second kappa shape index (κ2) is 3.57. The van der Waals surface area contributed by atoms with Crippen LogP contribution in [0, 0.1) is 15.9 Å². The summed E-state index contributed by atoms with van der Waals surface area (Å²) >= 11 is 5.37. The lowest BCUT2D eigenvalue weighted by Crippen LogP contribution is -2.01. The van der Waals surface area contributed by atoms with E-state index in [1.165, 1.54) is 0 Å². The standard InChI is InChI=1S/C7H6ClFN2O2/c8-3-4-5(9)1-2-6(7(4)10)11(12)13/h1-2H,3,10H2. The van der Waals surface area contributed by atoms with E-state index in [0.29, 0.717) is 0 Å². The van der Waals surface area contributed by atoms with Crippen molar-refractivity contribution in [3.63, 3.8) is 0 Å². The molecule has 1 aromatic rings. The largest absolute Gasteiger partial charge is 0.393 e. The lowest BCUT2D eigenvalue weighted by Gasteiger charge is -2.03. The van der Waals surface area contributed by atoms with Crippen LogP contribution in [0.15, 0.2) is 12.1 Å². The summed E-state index contributed by atoms with van der Waals surface area (Å²) in [6, 6.07) is 1.99. The summed E-state index contributed by atoms with van der Waals surface area (Å²) in [5.74, 6) is -0.808. The summed E-state index contributed by atoms with van der Waals surface area (Å²) in [5, 5.41) is 10.4. The van der Waals surface area contributed by atoms with Crippen LogP contribution in [0.25, 0.3) is 0 Å². The second-order valence-corrected chi connectivity index (χ2v) is 2.62. The van der Waals surface area contributed by atoms with Gasteiger partial charge in [0.2, 0.25) is 0 Å². The number of nitro groups is 1. The monoisotopic (exact) mass is 204 g/mol. The number of anilines is 1. The Morgan fingerprint density at radius 3 is 2.69 bits per heavy atom. The smallest absolute Gasteiger partial charge is 0.292 e. The molecule has 0 unspecified atom stereocenters. The molecule has 6 heteroatoms. The maximum atomic E-state index is 12.9. The molecule has 0 saturated carbocycles. The number of halogens is 2. The summed E-state index contributed by atoms with van der Waals surface area (Å²) in [7, 11) is 0. The molecule has 0 saturated heterocycles. The van der Waals surface area contributed by atoms with Crippen molar-refractivity contribution < 1.29 is 9.31 Å². The van der Waals surface area contributed by atoms with Gasteiger partial charge in [-0.3, -0.25) is 10.1 Å². The zero-order valence-electron chi connectivity index (χ0n) is 6.46. The Morgan fingerprint density at radius 1 is 1.62 bits per heavy atom. The molecule has 0 spiro atoms. The number of hydrogen-bond donors (Lipinski definition) is 1. The average molecular weight is 205 g/mol. The molecule has 0 aliphatic carbocycles. The molecular formula is C7H6ClFN2O2.